The molecule has 2 aromatic carbocycles. The number of benzene rings is 2. The predicted molar refractivity (Wildman–Crippen MR) is 77.5 cm³/mol. The first kappa shape index (κ1) is 13.6. The highest BCUT2D eigenvalue weighted by molar-refractivity contribution is 5.47. The Labute approximate surface area is 113 Å². The van der Waals surface area contributed by atoms with Gasteiger partial charge in [-0.3, -0.25) is 0 Å². The summed E-state index contributed by atoms with van der Waals surface area (Å²) in [6.45, 7) is 4.32. The van der Waals surface area contributed by atoms with Gasteiger partial charge >= 0.3 is 0 Å². The minimum atomic E-state index is -0.204. The van der Waals surface area contributed by atoms with Gasteiger partial charge in [0.2, 0.25) is 0 Å². The zero-order chi connectivity index (χ0) is 13.7. The van der Waals surface area contributed by atoms with Gasteiger partial charge < -0.3 is 10.6 Å². The Morgan fingerprint density at radius 1 is 1.05 bits per heavy atom. The molecule has 2 nitrogen and oxygen atoms in total. The Morgan fingerprint density at radius 3 is 2.37 bits per heavy atom. The average Bonchev–Trinajstić information content (AvgIpc) is 2.46. The Balaban J connectivity index is 2.16. The van der Waals surface area contributed by atoms with E-state index in [2.05, 4.69) is 24.0 Å². The average molecular weight is 258 g/mol. The van der Waals surface area contributed by atoms with Gasteiger partial charge in [0.1, 0.15) is 5.82 Å². The van der Waals surface area contributed by atoms with Crippen LogP contribution in [0.25, 0.3) is 0 Å². The second-order valence-electron chi connectivity index (χ2n) is 4.51. The van der Waals surface area contributed by atoms with Crippen LogP contribution in [0.3, 0.4) is 0 Å². The van der Waals surface area contributed by atoms with Crippen molar-refractivity contribution in [2.75, 3.05) is 11.4 Å². The Kier molecular flexibility index (Phi) is 4.53. The summed E-state index contributed by atoms with van der Waals surface area (Å²) < 4.78 is 12.9. The van der Waals surface area contributed by atoms with Gasteiger partial charge in [0.15, 0.2) is 0 Å². The first-order valence-corrected chi connectivity index (χ1v) is 6.51. The maximum Gasteiger partial charge on any atom is 0.123 e. The maximum atomic E-state index is 12.9. The summed E-state index contributed by atoms with van der Waals surface area (Å²) in [6.07, 6.45) is 0. The molecule has 0 radical (unpaired) electrons. The molecular weight excluding hydrogens is 239 g/mol. The molecule has 2 N–H and O–H groups in total. The number of hydrogen-bond donors (Lipinski definition) is 1. The van der Waals surface area contributed by atoms with Gasteiger partial charge in [-0.15, -0.1) is 0 Å². The van der Waals surface area contributed by atoms with Gasteiger partial charge in [0.25, 0.3) is 0 Å². The monoisotopic (exact) mass is 258 g/mol. The van der Waals surface area contributed by atoms with Gasteiger partial charge in [-0.25, -0.2) is 4.39 Å². The second-order valence-corrected chi connectivity index (χ2v) is 4.51. The molecule has 0 aliphatic heterocycles. The van der Waals surface area contributed by atoms with Crippen LogP contribution in [0.4, 0.5) is 10.1 Å². The van der Waals surface area contributed by atoms with Crippen LogP contribution in [0.2, 0.25) is 0 Å². The lowest BCUT2D eigenvalue weighted by Gasteiger charge is -2.23. The molecule has 3 heteroatoms. The summed E-state index contributed by atoms with van der Waals surface area (Å²) >= 11 is 0. The standard InChI is InChI=1S/C16H19FN2/c1-2-19(16-8-6-15(17)7-9-16)12-14-5-3-4-13(10-14)11-18/h3-10H,2,11-12,18H2,1H3. The van der Waals surface area contributed by atoms with Crippen molar-refractivity contribution >= 4 is 5.69 Å². The SMILES string of the molecule is CCN(Cc1cccc(CN)c1)c1ccc(F)cc1. The molecule has 100 valence electrons. The Hall–Kier alpha value is -1.87. The highest BCUT2D eigenvalue weighted by atomic mass is 19.1. The topological polar surface area (TPSA) is 29.3 Å². The largest absolute Gasteiger partial charge is 0.367 e. The molecule has 0 saturated heterocycles. The van der Waals surface area contributed by atoms with E-state index in [-0.39, 0.29) is 5.82 Å². The van der Waals surface area contributed by atoms with Crippen LogP contribution in [0.1, 0.15) is 18.1 Å². The second kappa shape index (κ2) is 6.34. The van der Waals surface area contributed by atoms with E-state index in [0.717, 1.165) is 24.3 Å². The van der Waals surface area contributed by atoms with E-state index in [1.54, 1.807) is 0 Å². The summed E-state index contributed by atoms with van der Waals surface area (Å²) in [4.78, 5) is 2.20. The van der Waals surface area contributed by atoms with E-state index in [9.17, 15) is 4.39 Å². The van der Waals surface area contributed by atoms with Gasteiger partial charge in [-0.2, -0.15) is 0 Å². The summed E-state index contributed by atoms with van der Waals surface area (Å²) in [6, 6.07) is 14.9. The van der Waals surface area contributed by atoms with Crippen molar-refractivity contribution < 1.29 is 4.39 Å². The van der Waals surface area contributed by atoms with Crippen molar-refractivity contribution in [2.24, 2.45) is 5.73 Å². The smallest absolute Gasteiger partial charge is 0.123 e. The molecule has 0 atom stereocenters. The van der Waals surface area contributed by atoms with Crippen LogP contribution in [0.15, 0.2) is 48.5 Å². The highest BCUT2D eigenvalue weighted by Crippen LogP contribution is 2.18. The van der Waals surface area contributed by atoms with Crippen LogP contribution in [-0.4, -0.2) is 6.54 Å². The number of rotatable bonds is 5. The molecule has 0 fully saturated rings. The zero-order valence-corrected chi connectivity index (χ0v) is 11.1. The molecule has 0 amide bonds. The number of halogens is 1. The van der Waals surface area contributed by atoms with Gasteiger partial charge in [0, 0.05) is 25.3 Å². The van der Waals surface area contributed by atoms with Crippen molar-refractivity contribution in [3.05, 3.63) is 65.5 Å². The highest BCUT2D eigenvalue weighted by Gasteiger charge is 2.05. The maximum absolute atomic E-state index is 12.9. The van der Waals surface area contributed by atoms with E-state index in [4.69, 9.17) is 5.73 Å². The van der Waals surface area contributed by atoms with Crippen LogP contribution in [-0.2, 0) is 13.1 Å². The molecule has 0 bridgehead atoms. The lowest BCUT2D eigenvalue weighted by molar-refractivity contribution is 0.627. The van der Waals surface area contributed by atoms with Crippen LogP contribution in [0, 0.1) is 5.82 Å². The molecule has 19 heavy (non-hydrogen) atoms. The predicted octanol–water partition coefficient (Wildman–Crippen LogP) is 3.31. The number of nitrogens with two attached hydrogens (primary N) is 1. The summed E-state index contributed by atoms with van der Waals surface area (Å²) in [5.41, 5.74) is 9.03. The molecule has 0 aromatic heterocycles. The van der Waals surface area contributed by atoms with Crippen molar-refractivity contribution in [3.63, 3.8) is 0 Å². The summed E-state index contributed by atoms with van der Waals surface area (Å²) in [5, 5.41) is 0. The minimum absolute atomic E-state index is 0.204. The molecule has 0 saturated carbocycles. The van der Waals surface area contributed by atoms with E-state index in [0.29, 0.717) is 6.54 Å². The Morgan fingerprint density at radius 2 is 1.74 bits per heavy atom. The van der Waals surface area contributed by atoms with Crippen molar-refractivity contribution in [1.82, 2.24) is 0 Å². The fraction of sp³-hybridized carbons (Fsp3) is 0.250. The van der Waals surface area contributed by atoms with Crippen molar-refractivity contribution in [2.45, 2.75) is 20.0 Å². The van der Waals surface area contributed by atoms with E-state index in [1.807, 2.05) is 24.3 Å². The molecular formula is C16H19FN2. The van der Waals surface area contributed by atoms with Crippen molar-refractivity contribution in [1.29, 1.82) is 0 Å². The zero-order valence-electron chi connectivity index (χ0n) is 11.1. The van der Waals surface area contributed by atoms with Gasteiger partial charge in [-0.1, -0.05) is 24.3 Å². The Bertz CT molecular complexity index is 523. The molecule has 0 spiro atoms. The first-order chi connectivity index (χ1) is 9.22. The molecule has 0 heterocycles. The number of anilines is 1. The lowest BCUT2D eigenvalue weighted by atomic mass is 10.1. The molecule has 2 rings (SSSR count). The lowest BCUT2D eigenvalue weighted by Crippen LogP contribution is -2.22. The van der Waals surface area contributed by atoms with Crippen LogP contribution >= 0.6 is 0 Å². The van der Waals surface area contributed by atoms with Gasteiger partial charge in [-0.05, 0) is 42.3 Å². The third-order valence-corrected chi connectivity index (χ3v) is 3.17. The molecule has 0 unspecified atom stereocenters. The summed E-state index contributed by atoms with van der Waals surface area (Å²) in [5.74, 6) is -0.204. The van der Waals surface area contributed by atoms with E-state index >= 15 is 0 Å². The molecule has 0 aliphatic carbocycles. The third-order valence-electron chi connectivity index (χ3n) is 3.17. The first-order valence-electron chi connectivity index (χ1n) is 6.51. The van der Waals surface area contributed by atoms with E-state index < -0.39 is 0 Å². The number of nitrogens with zero attached hydrogens (tertiary/aromatic N) is 1. The number of hydrogen-bond acceptors (Lipinski definition) is 2. The third kappa shape index (κ3) is 3.55. The quantitative estimate of drug-likeness (QED) is 0.891. The normalized spacial score (nSPS) is 10.5. The van der Waals surface area contributed by atoms with Crippen LogP contribution < -0.4 is 10.6 Å². The minimum Gasteiger partial charge on any atom is -0.367 e. The molecule has 2 aromatic rings. The molecule has 0 aliphatic rings. The van der Waals surface area contributed by atoms with Crippen molar-refractivity contribution in [3.8, 4) is 0 Å². The van der Waals surface area contributed by atoms with Gasteiger partial charge in [0.05, 0.1) is 0 Å². The fourth-order valence-electron chi connectivity index (χ4n) is 2.11. The fourth-order valence-corrected chi connectivity index (χ4v) is 2.11. The van der Waals surface area contributed by atoms with Crippen LogP contribution in [0.5, 0.6) is 0 Å². The summed E-state index contributed by atoms with van der Waals surface area (Å²) in [7, 11) is 0. The van der Waals surface area contributed by atoms with E-state index in [1.165, 1.54) is 17.7 Å².